The van der Waals surface area contributed by atoms with E-state index in [-0.39, 0.29) is 11.8 Å². The van der Waals surface area contributed by atoms with Crippen LogP contribution in [0.25, 0.3) is 0 Å². The summed E-state index contributed by atoms with van der Waals surface area (Å²) in [6, 6.07) is 5.68. The highest BCUT2D eigenvalue weighted by Crippen LogP contribution is 2.22. The first-order valence-corrected chi connectivity index (χ1v) is 7.09. The van der Waals surface area contributed by atoms with Crippen molar-refractivity contribution < 1.29 is 9.59 Å². The van der Waals surface area contributed by atoms with Gasteiger partial charge >= 0.3 is 0 Å². The van der Waals surface area contributed by atoms with Gasteiger partial charge in [-0.1, -0.05) is 5.92 Å². The van der Waals surface area contributed by atoms with Crippen LogP contribution >= 0.6 is 0 Å². The molecule has 108 valence electrons. The number of carbonyl (C=O) groups excluding carboxylic acids is 2. The van der Waals surface area contributed by atoms with Crippen LogP contribution < -0.4 is 10.6 Å². The topological polar surface area (TPSA) is 61.4 Å². The Kier molecular flexibility index (Phi) is 3.63. The predicted molar refractivity (Wildman–Crippen MR) is 80.2 cm³/mol. The number of fused-ring (bicyclic) bond motifs is 1. The van der Waals surface area contributed by atoms with Crippen molar-refractivity contribution in [3.63, 3.8) is 0 Å². The van der Waals surface area contributed by atoms with Gasteiger partial charge in [-0.05, 0) is 31.0 Å². The van der Waals surface area contributed by atoms with E-state index in [0.29, 0.717) is 23.7 Å². The maximum atomic E-state index is 11.7. The van der Waals surface area contributed by atoms with Crippen LogP contribution in [0.4, 0.5) is 5.69 Å². The predicted octanol–water partition coefficient (Wildman–Crippen LogP) is 1.08. The summed E-state index contributed by atoms with van der Waals surface area (Å²) in [5.74, 6) is 2.04. The first-order chi connectivity index (χ1) is 10.2. The van der Waals surface area contributed by atoms with Gasteiger partial charge in [0.1, 0.15) is 0 Å². The number of anilines is 1. The van der Waals surface area contributed by atoms with Crippen LogP contribution in [0.5, 0.6) is 0 Å². The number of benzene rings is 1. The molecule has 2 N–H and O–H groups in total. The summed E-state index contributed by atoms with van der Waals surface area (Å²) in [6.45, 7) is 2.66. The summed E-state index contributed by atoms with van der Waals surface area (Å²) < 4.78 is 0. The lowest BCUT2D eigenvalue weighted by Gasteiger charge is -2.31. The lowest BCUT2D eigenvalue weighted by Crippen LogP contribution is -2.39. The van der Waals surface area contributed by atoms with Crippen LogP contribution in [0.2, 0.25) is 0 Å². The van der Waals surface area contributed by atoms with E-state index in [9.17, 15) is 9.59 Å². The average Bonchev–Trinajstić information content (AvgIpc) is 2.76. The third kappa shape index (κ3) is 2.76. The molecule has 1 fully saturated rings. The highest BCUT2D eigenvalue weighted by atomic mass is 16.2. The second-order valence-corrected chi connectivity index (χ2v) is 5.44. The van der Waals surface area contributed by atoms with Crippen molar-refractivity contribution >= 4 is 17.5 Å². The molecule has 0 aromatic heterocycles. The first-order valence-electron chi connectivity index (χ1n) is 7.09. The highest BCUT2D eigenvalue weighted by molar-refractivity contribution is 6.21. The van der Waals surface area contributed by atoms with E-state index in [1.807, 2.05) is 6.07 Å². The normalized spacial score (nSPS) is 19.0. The van der Waals surface area contributed by atoms with E-state index in [1.54, 1.807) is 12.1 Å². The van der Waals surface area contributed by atoms with Crippen molar-refractivity contribution in [3.05, 3.63) is 29.3 Å². The number of rotatable bonds is 3. The van der Waals surface area contributed by atoms with E-state index in [2.05, 4.69) is 21.5 Å². The quantitative estimate of drug-likeness (QED) is 0.644. The number of nitrogens with zero attached hydrogens (tertiary/aromatic N) is 1. The molecule has 5 heteroatoms. The molecule has 0 atom stereocenters. The fourth-order valence-corrected chi connectivity index (χ4v) is 2.86. The number of likely N-dealkylation sites (tertiary alicyclic amines) is 1. The van der Waals surface area contributed by atoms with Gasteiger partial charge in [-0.15, -0.1) is 6.42 Å². The zero-order valence-corrected chi connectivity index (χ0v) is 11.7. The number of carbonyl (C=O) groups is 2. The van der Waals surface area contributed by atoms with Crippen LogP contribution in [0.3, 0.4) is 0 Å². The fraction of sp³-hybridized carbons (Fsp3) is 0.375. The molecule has 2 heterocycles. The lowest BCUT2D eigenvalue weighted by atomic mass is 10.0. The molecule has 3 rings (SSSR count). The number of imide groups is 1. The maximum absolute atomic E-state index is 11.7. The SMILES string of the molecule is C#CCN1CCC(Nc2ccc3c(c2)C(=O)NC3=O)CC1. The Balaban J connectivity index is 1.65. The molecule has 1 aromatic carbocycles. The van der Waals surface area contributed by atoms with E-state index >= 15 is 0 Å². The molecular formula is C16H17N3O2. The number of terminal acetylenes is 1. The number of amides is 2. The molecule has 0 unspecified atom stereocenters. The van der Waals surface area contributed by atoms with Gasteiger partial charge in [0.05, 0.1) is 17.7 Å². The molecule has 0 bridgehead atoms. The Morgan fingerprint density at radius 2 is 1.95 bits per heavy atom. The number of piperidine rings is 1. The second kappa shape index (κ2) is 5.58. The van der Waals surface area contributed by atoms with Gasteiger partial charge in [0.15, 0.2) is 0 Å². The maximum Gasteiger partial charge on any atom is 0.259 e. The largest absolute Gasteiger partial charge is 0.382 e. The van der Waals surface area contributed by atoms with Gasteiger partial charge in [0.2, 0.25) is 0 Å². The van der Waals surface area contributed by atoms with Crippen LogP contribution in [0, 0.1) is 12.3 Å². The molecule has 21 heavy (non-hydrogen) atoms. The monoisotopic (exact) mass is 283 g/mol. The summed E-state index contributed by atoms with van der Waals surface area (Å²) in [7, 11) is 0. The van der Waals surface area contributed by atoms with Crippen LogP contribution in [0.15, 0.2) is 18.2 Å². The van der Waals surface area contributed by atoms with E-state index < -0.39 is 0 Å². The second-order valence-electron chi connectivity index (χ2n) is 5.44. The lowest BCUT2D eigenvalue weighted by molar-refractivity contribution is 0.0879. The zero-order valence-electron chi connectivity index (χ0n) is 11.7. The minimum atomic E-state index is -0.317. The van der Waals surface area contributed by atoms with Crippen molar-refractivity contribution in [3.8, 4) is 12.3 Å². The minimum absolute atomic E-state index is 0.316. The number of hydrogen-bond donors (Lipinski definition) is 2. The zero-order chi connectivity index (χ0) is 14.8. The summed E-state index contributed by atoms with van der Waals surface area (Å²) in [4.78, 5) is 25.4. The van der Waals surface area contributed by atoms with E-state index in [4.69, 9.17) is 6.42 Å². The summed E-state index contributed by atoms with van der Waals surface area (Å²) in [5, 5.41) is 5.74. The van der Waals surface area contributed by atoms with Gasteiger partial charge in [0, 0.05) is 24.8 Å². The van der Waals surface area contributed by atoms with E-state index in [0.717, 1.165) is 31.6 Å². The summed E-state index contributed by atoms with van der Waals surface area (Å²) >= 11 is 0. The average molecular weight is 283 g/mol. The van der Waals surface area contributed by atoms with Gasteiger partial charge in [-0.2, -0.15) is 0 Å². The Morgan fingerprint density at radius 1 is 1.24 bits per heavy atom. The van der Waals surface area contributed by atoms with Crippen molar-refractivity contribution in [2.45, 2.75) is 18.9 Å². The van der Waals surface area contributed by atoms with Crippen molar-refractivity contribution in [1.29, 1.82) is 0 Å². The molecule has 1 saturated heterocycles. The number of nitrogens with one attached hydrogen (secondary N) is 2. The number of hydrogen-bond acceptors (Lipinski definition) is 4. The van der Waals surface area contributed by atoms with Crippen molar-refractivity contribution in [2.75, 3.05) is 25.0 Å². The Bertz CT molecular complexity index is 625. The molecular weight excluding hydrogens is 266 g/mol. The molecule has 0 aliphatic carbocycles. The Morgan fingerprint density at radius 3 is 2.67 bits per heavy atom. The summed E-state index contributed by atoms with van der Waals surface area (Å²) in [5.41, 5.74) is 1.79. The van der Waals surface area contributed by atoms with E-state index in [1.165, 1.54) is 0 Å². The van der Waals surface area contributed by atoms with Crippen molar-refractivity contribution in [2.24, 2.45) is 0 Å². The molecule has 5 nitrogen and oxygen atoms in total. The molecule has 2 amide bonds. The molecule has 0 saturated carbocycles. The third-order valence-corrected chi connectivity index (χ3v) is 4.01. The van der Waals surface area contributed by atoms with Crippen LogP contribution in [-0.2, 0) is 0 Å². The van der Waals surface area contributed by atoms with Crippen LogP contribution in [0.1, 0.15) is 33.6 Å². The Labute approximate surface area is 123 Å². The standard InChI is InChI=1S/C16H17N3O2/c1-2-7-19-8-5-11(6-9-19)17-12-3-4-13-14(10-12)16(21)18-15(13)20/h1,3-4,10-11,17H,5-9H2,(H,18,20,21). The van der Waals surface area contributed by atoms with Crippen molar-refractivity contribution in [1.82, 2.24) is 10.2 Å². The third-order valence-electron chi connectivity index (χ3n) is 4.01. The van der Waals surface area contributed by atoms with Gasteiger partial charge in [-0.25, -0.2) is 0 Å². The van der Waals surface area contributed by atoms with Gasteiger partial charge < -0.3 is 5.32 Å². The minimum Gasteiger partial charge on any atom is -0.382 e. The fourth-order valence-electron chi connectivity index (χ4n) is 2.86. The molecule has 2 aliphatic heterocycles. The molecule has 0 radical (unpaired) electrons. The highest BCUT2D eigenvalue weighted by Gasteiger charge is 2.27. The molecule has 0 spiro atoms. The van der Waals surface area contributed by atoms with Gasteiger partial charge in [0.25, 0.3) is 11.8 Å². The summed E-state index contributed by atoms with van der Waals surface area (Å²) in [6.07, 6.45) is 7.36. The smallest absolute Gasteiger partial charge is 0.259 e. The van der Waals surface area contributed by atoms with Crippen LogP contribution in [-0.4, -0.2) is 42.4 Å². The Hall–Kier alpha value is -2.32. The first kappa shape index (κ1) is 13.7. The molecule has 1 aromatic rings. The van der Waals surface area contributed by atoms with Gasteiger partial charge in [-0.3, -0.25) is 19.8 Å². The molecule has 2 aliphatic rings.